The molecule has 2 amide bonds. The van der Waals surface area contributed by atoms with Gasteiger partial charge in [0.15, 0.2) is 21.3 Å². The Labute approximate surface area is 191 Å². The second-order valence-corrected chi connectivity index (χ2v) is 11.0. The predicted molar refractivity (Wildman–Crippen MR) is 117 cm³/mol. The number of ether oxygens (including phenoxy) is 3. The molecule has 0 bridgehead atoms. The number of rotatable bonds is 7. The fourth-order valence-corrected chi connectivity index (χ4v) is 6.51. The second kappa shape index (κ2) is 9.28. The fourth-order valence-electron chi connectivity index (χ4n) is 3.09. The van der Waals surface area contributed by atoms with Crippen molar-refractivity contribution in [3.8, 4) is 11.5 Å². The lowest BCUT2D eigenvalue weighted by atomic mass is 9.95. The highest BCUT2D eigenvalue weighted by molar-refractivity contribution is 9.11. The summed E-state index contributed by atoms with van der Waals surface area (Å²) in [4.78, 5) is 25.0. The van der Waals surface area contributed by atoms with E-state index >= 15 is 0 Å². The number of urea groups is 1. The van der Waals surface area contributed by atoms with Crippen LogP contribution in [-0.4, -0.2) is 47.5 Å². The third kappa shape index (κ3) is 4.86. The minimum absolute atomic E-state index is 0.0199. The third-order valence-corrected chi connectivity index (χ3v) is 8.34. The number of hydrogen-bond acceptors (Lipinski definition) is 8. The van der Waals surface area contributed by atoms with Crippen LogP contribution in [0, 0.1) is 0 Å². The van der Waals surface area contributed by atoms with Crippen molar-refractivity contribution in [3.05, 3.63) is 51.0 Å². The molecule has 0 spiro atoms. The Morgan fingerprint density at radius 3 is 2.42 bits per heavy atom. The predicted octanol–water partition coefficient (Wildman–Crippen LogP) is 2.78. The van der Waals surface area contributed by atoms with E-state index in [1.807, 2.05) is 0 Å². The summed E-state index contributed by atoms with van der Waals surface area (Å²) in [5, 5.41) is 5.09. The zero-order valence-electron chi connectivity index (χ0n) is 16.7. The maximum absolute atomic E-state index is 12.9. The van der Waals surface area contributed by atoms with Crippen LogP contribution in [0.3, 0.4) is 0 Å². The van der Waals surface area contributed by atoms with Crippen molar-refractivity contribution in [1.82, 2.24) is 10.6 Å². The zero-order chi connectivity index (χ0) is 22.8. The molecule has 12 heteroatoms. The molecular formula is C19H19BrN2O7S2. The molecule has 1 aliphatic heterocycles. The minimum atomic E-state index is -3.83. The van der Waals surface area contributed by atoms with Gasteiger partial charge in [0.1, 0.15) is 4.21 Å². The van der Waals surface area contributed by atoms with E-state index in [1.54, 1.807) is 24.3 Å². The smallest absolute Gasteiger partial charge is 0.338 e. The van der Waals surface area contributed by atoms with Crippen molar-refractivity contribution in [2.45, 2.75) is 10.3 Å². The molecule has 1 aliphatic rings. The van der Waals surface area contributed by atoms with Crippen molar-refractivity contribution >= 4 is 49.1 Å². The highest BCUT2D eigenvalue weighted by Crippen LogP contribution is 2.35. The van der Waals surface area contributed by atoms with E-state index in [-0.39, 0.29) is 15.5 Å². The first-order chi connectivity index (χ1) is 14.7. The second-order valence-electron chi connectivity index (χ2n) is 6.35. The monoisotopic (exact) mass is 530 g/mol. The summed E-state index contributed by atoms with van der Waals surface area (Å²) in [5.41, 5.74) is 0.412. The first-order valence-corrected chi connectivity index (χ1v) is 12.0. The summed E-state index contributed by atoms with van der Waals surface area (Å²) < 4.78 is 42.0. The van der Waals surface area contributed by atoms with Gasteiger partial charge < -0.3 is 24.8 Å². The molecule has 9 nitrogen and oxygen atoms in total. The number of halogens is 1. The number of esters is 1. The van der Waals surface area contributed by atoms with Gasteiger partial charge in [-0.2, -0.15) is 0 Å². The molecule has 1 aromatic heterocycles. The molecule has 0 radical (unpaired) electrons. The summed E-state index contributed by atoms with van der Waals surface area (Å²) >= 11 is 4.27. The maximum atomic E-state index is 12.9. The van der Waals surface area contributed by atoms with Crippen LogP contribution in [0.4, 0.5) is 4.79 Å². The Kier molecular flexibility index (Phi) is 6.92. The van der Waals surface area contributed by atoms with Gasteiger partial charge in [0.05, 0.1) is 42.5 Å². The number of carbonyl (C=O) groups is 2. The zero-order valence-corrected chi connectivity index (χ0v) is 19.9. The SMILES string of the molecule is COC(=O)C1=C(CS(=O)(=O)c2ccc(Br)s2)NC(=O)N[C@@H]1c1ccc(OC)c(OC)c1. The highest BCUT2D eigenvalue weighted by atomic mass is 79.9. The lowest BCUT2D eigenvalue weighted by molar-refractivity contribution is -0.136. The number of sulfone groups is 1. The lowest BCUT2D eigenvalue weighted by Gasteiger charge is -2.29. The van der Waals surface area contributed by atoms with Crippen molar-refractivity contribution in [1.29, 1.82) is 0 Å². The molecule has 0 unspecified atom stereocenters. The van der Waals surface area contributed by atoms with E-state index in [1.165, 1.54) is 27.4 Å². The van der Waals surface area contributed by atoms with Crippen LogP contribution in [0.15, 0.2) is 49.6 Å². The van der Waals surface area contributed by atoms with Crippen molar-refractivity contribution in [3.63, 3.8) is 0 Å². The van der Waals surface area contributed by atoms with Gasteiger partial charge in [0.25, 0.3) is 0 Å². The van der Waals surface area contributed by atoms with Gasteiger partial charge in [-0.15, -0.1) is 11.3 Å². The summed E-state index contributed by atoms with van der Waals surface area (Å²) in [5.74, 6) is -0.512. The number of nitrogens with one attached hydrogen (secondary N) is 2. The molecule has 0 saturated heterocycles. The molecule has 1 atom stereocenters. The van der Waals surface area contributed by atoms with Gasteiger partial charge in [0, 0.05) is 5.70 Å². The van der Waals surface area contributed by atoms with Crippen molar-refractivity contribution in [2.24, 2.45) is 0 Å². The van der Waals surface area contributed by atoms with Gasteiger partial charge in [0.2, 0.25) is 0 Å². The molecule has 3 rings (SSSR count). The summed E-state index contributed by atoms with van der Waals surface area (Å²) in [6.07, 6.45) is 0. The van der Waals surface area contributed by atoms with E-state index in [0.717, 1.165) is 11.3 Å². The molecule has 2 aromatic rings. The summed E-state index contributed by atoms with van der Waals surface area (Å²) in [6.45, 7) is 0. The molecule has 0 aliphatic carbocycles. The maximum Gasteiger partial charge on any atom is 0.338 e. The quantitative estimate of drug-likeness (QED) is 0.528. The highest BCUT2D eigenvalue weighted by Gasteiger charge is 2.36. The van der Waals surface area contributed by atoms with Gasteiger partial charge in [-0.1, -0.05) is 6.07 Å². The topological polar surface area (TPSA) is 120 Å². The number of thiophene rings is 1. The first kappa shape index (κ1) is 23.1. The van der Waals surface area contributed by atoms with Gasteiger partial charge in [-0.05, 0) is 45.8 Å². The molecular weight excluding hydrogens is 512 g/mol. The van der Waals surface area contributed by atoms with E-state index in [4.69, 9.17) is 14.2 Å². The normalized spacial score (nSPS) is 16.4. The van der Waals surface area contributed by atoms with E-state index in [2.05, 4.69) is 26.6 Å². The van der Waals surface area contributed by atoms with Crippen LogP contribution < -0.4 is 20.1 Å². The van der Waals surface area contributed by atoms with Crippen LogP contribution in [0.2, 0.25) is 0 Å². The molecule has 2 N–H and O–H groups in total. The number of amides is 2. The third-order valence-electron chi connectivity index (χ3n) is 4.49. The van der Waals surface area contributed by atoms with Crippen LogP contribution in [0.5, 0.6) is 11.5 Å². The average Bonchev–Trinajstić information content (AvgIpc) is 3.19. The summed E-state index contributed by atoms with van der Waals surface area (Å²) in [6, 6.07) is 6.32. The molecule has 1 aromatic carbocycles. The number of benzene rings is 1. The van der Waals surface area contributed by atoms with Gasteiger partial charge in [-0.25, -0.2) is 18.0 Å². The fraction of sp³-hybridized carbons (Fsp3) is 0.263. The Hall–Kier alpha value is -2.57. The lowest BCUT2D eigenvalue weighted by Crippen LogP contribution is -2.47. The average molecular weight is 531 g/mol. The van der Waals surface area contributed by atoms with Crippen LogP contribution >= 0.6 is 27.3 Å². The summed E-state index contributed by atoms with van der Waals surface area (Å²) in [7, 11) is 0.287. The Balaban J connectivity index is 2.11. The van der Waals surface area contributed by atoms with E-state index in [0.29, 0.717) is 20.8 Å². The Morgan fingerprint density at radius 1 is 1.13 bits per heavy atom. The molecule has 2 heterocycles. The number of methoxy groups -OCH3 is 3. The van der Waals surface area contributed by atoms with Crippen molar-refractivity contribution < 1.29 is 32.2 Å². The van der Waals surface area contributed by atoms with Crippen LogP contribution in [-0.2, 0) is 19.4 Å². The Bertz CT molecular complexity index is 1160. The first-order valence-electron chi connectivity index (χ1n) is 8.79. The van der Waals surface area contributed by atoms with Crippen molar-refractivity contribution in [2.75, 3.05) is 27.1 Å². The van der Waals surface area contributed by atoms with Crippen LogP contribution in [0.1, 0.15) is 11.6 Å². The van der Waals surface area contributed by atoms with Gasteiger partial charge in [-0.3, -0.25) is 0 Å². The van der Waals surface area contributed by atoms with Crippen LogP contribution in [0.25, 0.3) is 0 Å². The molecule has 0 saturated carbocycles. The van der Waals surface area contributed by atoms with E-state index < -0.39 is 33.6 Å². The van der Waals surface area contributed by atoms with Gasteiger partial charge >= 0.3 is 12.0 Å². The standard InChI is InChI=1S/C19H19BrN2O7S2/c1-27-12-5-4-10(8-13(12)28-2)17-16(18(23)29-3)11(21-19(24)22-17)9-31(25,26)15-7-6-14(20)30-15/h4-8,17H,9H2,1-3H3,(H2,21,22,24)/t17-/m1/s1. The molecule has 0 fully saturated rings. The number of hydrogen-bond donors (Lipinski definition) is 2. The Morgan fingerprint density at radius 2 is 1.84 bits per heavy atom. The van der Waals surface area contributed by atoms with E-state index in [9.17, 15) is 18.0 Å². The molecule has 31 heavy (non-hydrogen) atoms. The minimum Gasteiger partial charge on any atom is -0.493 e. The molecule has 166 valence electrons. The largest absolute Gasteiger partial charge is 0.493 e. The number of carbonyl (C=O) groups excluding carboxylic acids is 2.